The van der Waals surface area contributed by atoms with Gasteiger partial charge in [0.05, 0.1) is 16.8 Å². The highest BCUT2D eigenvalue weighted by molar-refractivity contribution is 6.34. The number of rotatable bonds is 3. The summed E-state index contributed by atoms with van der Waals surface area (Å²) in [5, 5.41) is 3.87. The van der Waals surface area contributed by atoms with Crippen molar-refractivity contribution in [3.8, 4) is 5.69 Å². The molecule has 6 nitrogen and oxygen atoms in total. The maximum absolute atomic E-state index is 13.4. The molecule has 2 aromatic heterocycles. The molecule has 1 aromatic carbocycles. The first-order valence-electron chi connectivity index (χ1n) is 6.75. The molecular formula is C15H11ClFN5O. The maximum atomic E-state index is 13.4. The van der Waals surface area contributed by atoms with Crippen molar-refractivity contribution in [2.75, 3.05) is 0 Å². The summed E-state index contributed by atoms with van der Waals surface area (Å²) in [6, 6.07) is 6.82. The Kier molecular flexibility index (Phi) is 3.82. The third-order valence-electron chi connectivity index (χ3n) is 3.55. The summed E-state index contributed by atoms with van der Waals surface area (Å²) in [4.78, 5) is 15.5. The largest absolute Gasteiger partial charge is 0.313 e. The predicted octanol–water partition coefficient (Wildman–Crippen LogP) is 4.25. The van der Waals surface area contributed by atoms with Crippen molar-refractivity contribution in [2.45, 2.75) is 13.0 Å². The van der Waals surface area contributed by atoms with E-state index in [1.807, 2.05) is 0 Å². The highest BCUT2D eigenvalue weighted by Crippen LogP contribution is 2.26. The predicted molar refractivity (Wildman–Crippen MR) is 85.5 cm³/mol. The fraction of sp³-hybridized carbons (Fsp3) is 0.133. The maximum Gasteiger partial charge on any atom is 0.280 e. The highest BCUT2D eigenvalue weighted by Gasteiger charge is 2.16. The Morgan fingerprint density at radius 1 is 1.35 bits per heavy atom. The molecule has 3 rings (SSSR count). The average Bonchev–Trinajstić information content (AvgIpc) is 2.86. The molecule has 8 heteroatoms. The van der Waals surface area contributed by atoms with Gasteiger partial charge >= 0.3 is 0 Å². The van der Waals surface area contributed by atoms with E-state index in [2.05, 4.69) is 10.0 Å². The van der Waals surface area contributed by atoms with Crippen LogP contribution in [0.3, 0.4) is 0 Å². The van der Waals surface area contributed by atoms with Crippen molar-refractivity contribution in [3.05, 3.63) is 80.1 Å². The molecule has 0 saturated carbocycles. The van der Waals surface area contributed by atoms with Crippen molar-refractivity contribution in [2.24, 2.45) is 5.11 Å². The van der Waals surface area contributed by atoms with Gasteiger partial charge in [0.1, 0.15) is 11.3 Å². The van der Waals surface area contributed by atoms with E-state index in [0.717, 1.165) is 0 Å². The molecular weight excluding hydrogens is 321 g/mol. The SMILES string of the molecule is CC(N=[N+]=[N-])c1cc(Cl)c2c(=O)n(-c3cccc(F)c3)ccn12. The van der Waals surface area contributed by atoms with Crippen molar-refractivity contribution in [3.63, 3.8) is 0 Å². The van der Waals surface area contributed by atoms with Gasteiger partial charge in [-0.15, -0.1) is 0 Å². The highest BCUT2D eigenvalue weighted by atomic mass is 35.5. The summed E-state index contributed by atoms with van der Waals surface area (Å²) in [5.74, 6) is -0.437. The zero-order chi connectivity index (χ0) is 16.6. The van der Waals surface area contributed by atoms with E-state index in [4.69, 9.17) is 17.1 Å². The summed E-state index contributed by atoms with van der Waals surface area (Å²) >= 11 is 6.17. The summed E-state index contributed by atoms with van der Waals surface area (Å²) in [5.41, 5.74) is 9.43. The van der Waals surface area contributed by atoms with Crippen LogP contribution in [0.5, 0.6) is 0 Å². The molecule has 0 N–H and O–H groups in total. The van der Waals surface area contributed by atoms with Crippen LogP contribution in [0.1, 0.15) is 18.7 Å². The average molecular weight is 332 g/mol. The van der Waals surface area contributed by atoms with Gasteiger partial charge in [-0.3, -0.25) is 9.36 Å². The summed E-state index contributed by atoms with van der Waals surface area (Å²) in [6.07, 6.45) is 3.15. The number of halogens is 2. The van der Waals surface area contributed by atoms with Crippen LogP contribution in [0.25, 0.3) is 21.6 Å². The molecule has 0 amide bonds. The first kappa shape index (κ1) is 15.1. The van der Waals surface area contributed by atoms with Gasteiger partial charge in [-0.2, -0.15) is 0 Å². The summed E-state index contributed by atoms with van der Waals surface area (Å²) < 4.78 is 16.3. The second-order valence-corrected chi connectivity index (χ2v) is 5.38. The molecule has 0 bridgehead atoms. The lowest BCUT2D eigenvalue weighted by Gasteiger charge is -2.09. The van der Waals surface area contributed by atoms with E-state index >= 15 is 0 Å². The minimum absolute atomic E-state index is 0.244. The monoisotopic (exact) mass is 331 g/mol. The molecule has 3 aromatic rings. The third-order valence-corrected chi connectivity index (χ3v) is 3.83. The number of hydrogen-bond donors (Lipinski definition) is 0. The number of azide groups is 1. The van der Waals surface area contributed by atoms with E-state index in [1.54, 1.807) is 29.7 Å². The van der Waals surface area contributed by atoms with Crippen molar-refractivity contribution < 1.29 is 4.39 Å². The van der Waals surface area contributed by atoms with Gasteiger partial charge in [0.2, 0.25) is 0 Å². The molecule has 0 aliphatic heterocycles. The standard InChI is InChI=1S/C15H11ClFN5O/c1-9(19-20-18)13-8-12(16)14-15(23)21(5-6-22(13)14)11-4-2-3-10(17)7-11/h2-9H,1H3. The van der Waals surface area contributed by atoms with Gasteiger partial charge in [-0.05, 0) is 29.8 Å². The molecule has 116 valence electrons. The Morgan fingerprint density at radius 2 is 2.13 bits per heavy atom. The zero-order valence-corrected chi connectivity index (χ0v) is 12.8. The number of nitrogens with zero attached hydrogens (tertiary/aromatic N) is 5. The van der Waals surface area contributed by atoms with Gasteiger partial charge in [-0.25, -0.2) is 4.39 Å². The van der Waals surface area contributed by atoms with E-state index in [0.29, 0.717) is 11.4 Å². The van der Waals surface area contributed by atoms with Crippen LogP contribution >= 0.6 is 11.6 Å². The number of benzene rings is 1. The lowest BCUT2D eigenvalue weighted by Crippen LogP contribution is -2.20. The van der Waals surface area contributed by atoms with E-state index in [1.165, 1.54) is 29.0 Å². The normalized spacial score (nSPS) is 12.1. The van der Waals surface area contributed by atoms with Gasteiger partial charge in [-0.1, -0.05) is 29.7 Å². The van der Waals surface area contributed by atoms with Crippen molar-refractivity contribution >= 4 is 17.1 Å². The first-order valence-corrected chi connectivity index (χ1v) is 7.13. The molecule has 23 heavy (non-hydrogen) atoms. The Labute approximate surface area is 135 Å². The molecule has 0 spiro atoms. The third kappa shape index (κ3) is 2.56. The fourth-order valence-corrected chi connectivity index (χ4v) is 2.76. The molecule has 1 atom stereocenters. The zero-order valence-electron chi connectivity index (χ0n) is 12.0. The Hall–Kier alpha value is -2.76. The number of fused-ring (bicyclic) bond motifs is 1. The fourth-order valence-electron chi connectivity index (χ4n) is 2.48. The van der Waals surface area contributed by atoms with Gasteiger partial charge in [0, 0.05) is 23.0 Å². The molecule has 0 radical (unpaired) electrons. The van der Waals surface area contributed by atoms with E-state index in [-0.39, 0.29) is 16.1 Å². The molecule has 0 aliphatic rings. The molecule has 0 fully saturated rings. The van der Waals surface area contributed by atoms with Crippen LogP contribution in [-0.4, -0.2) is 8.97 Å². The minimum Gasteiger partial charge on any atom is -0.313 e. The van der Waals surface area contributed by atoms with E-state index in [9.17, 15) is 9.18 Å². The lowest BCUT2D eigenvalue weighted by molar-refractivity contribution is 0.626. The van der Waals surface area contributed by atoms with Crippen LogP contribution in [0, 0.1) is 5.82 Å². The van der Waals surface area contributed by atoms with Crippen LogP contribution in [0.4, 0.5) is 4.39 Å². The number of aromatic nitrogens is 2. The minimum atomic E-state index is -0.482. The second kappa shape index (κ2) is 5.79. The number of hydrogen-bond acceptors (Lipinski definition) is 2. The summed E-state index contributed by atoms with van der Waals surface area (Å²) in [6.45, 7) is 1.70. The molecule has 0 saturated heterocycles. The van der Waals surface area contributed by atoms with Crippen LogP contribution in [-0.2, 0) is 0 Å². The van der Waals surface area contributed by atoms with Crippen LogP contribution in [0.15, 0.2) is 52.6 Å². The van der Waals surface area contributed by atoms with Crippen molar-refractivity contribution in [1.82, 2.24) is 8.97 Å². The molecule has 1 unspecified atom stereocenters. The smallest absolute Gasteiger partial charge is 0.280 e. The van der Waals surface area contributed by atoms with Crippen LogP contribution < -0.4 is 5.56 Å². The molecule has 0 aliphatic carbocycles. The first-order chi connectivity index (χ1) is 11.0. The Balaban J connectivity index is 2.27. The topological polar surface area (TPSA) is 75.2 Å². The van der Waals surface area contributed by atoms with Gasteiger partial charge in [0.15, 0.2) is 0 Å². The Bertz CT molecular complexity index is 1000. The quantitative estimate of drug-likeness (QED) is 0.401. The van der Waals surface area contributed by atoms with Crippen molar-refractivity contribution in [1.29, 1.82) is 0 Å². The lowest BCUT2D eigenvalue weighted by atomic mass is 10.2. The molecule has 2 heterocycles. The van der Waals surface area contributed by atoms with Crippen LogP contribution in [0.2, 0.25) is 5.02 Å². The summed E-state index contributed by atoms with van der Waals surface area (Å²) in [7, 11) is 0. The second-order valence-electron chi connectivity index (χ2n) is 4.97. The van der Waals surface area contributed by atoms with Gasteiger partial charge in [0.25, 0.3) is 5.56 Å². The van der Waals surface area contributed by atoms with E-state index < -0.39 is 11.9 Å². The van der Waals surface area contributed by atoms with Gasteiger partial charge < -0.3 is 4.40 Å². The Morgan fingerprint density at radius 3 is 2.83 bits per heavy atom.